The molecule has 1 saturated heterocycles. The van der Waals surface area contributed by atoms with Gasteiger partial charge in [0, 0.05) is 30.8 Å². The van der Waals surface area contributed by atoms with Crippen molar-refractivity contribution in [1.29, 1.82) is 0 Å². The highest BCUT2D eigenvalue weighted by Gasteiger charge is 2.29. The van der Waals surface area contributed by atoms with Gasteiger partial charge in [-0.2, -0.15) is 5.10 Å². The van der Waals surface area contributed by atoms with E-state index in [9.17, 15) is 9.59 Å². The van der Waals surface area contributed by atoms with E-state index in [2.05, 4.69) is 15.6 Å². The molecule has 2 aromatic rings. The quantitative estimate of drug-likeness (QED) is 0.830. The zero-order valence-electron chi connectivity index (χ0n) is 15.7. The maximum absolute atomic E-state index is 12.4. The third-order valence-electron chi connectivity index (χ3n) is 4.54. The van der Waals surface area contributed by atoms with Gasteiger partial charge in [-0.15, -0.1) is 0 Å². The third kappa shape index (κ3) is 3.95. The van der Waals surface area contributed by atoms with Crippen LogP contribution < -0.4 is 5.32 Å². The fourth-order valence-electron chi connectivity index (χ4n) is 2.97. The Kier molecular flexibility index (Phi) is 4.84. The number of hydrogen-bond donors (Lipinski definition) is 1. The number of piperidine rings is 1. The van der Waals surface area contributed by atoms with E-state index >= 15 is 0 Å². The van der Waals surface area contributed by atoms with Gasteiger partial charge >= 0.3 is 11.8 Å². The van der Waals surface area contributed by atoms with Crippen LogP contribution in [-0.2, 0) is 15.0 Å². The Labute approximate surface area is 152 Å². The molecule has 26 heavy (non-hydrogen) atoms. The van der Waals surface area contributed by atoms with Crippen molar-refractivity contribution in [3.8, 4) is 0 Å². The summed E-state index contributed by atoms with van der Waals surface area (Å²) in [5.41, 5.74) is 0.900. The fraction of sp³-hybridized carbons (Fsp3) is 0.556. The van der Waals surface area contributed by atoms with Gasteiger partial charge in [0.15, 0.2) is 5.82 Å². The van der Waals surface area contributed by atoms with Crippen LogP contribution in [0.1, 0.15) is 51.0 Å². The number of likely N-dealkylation sites (tertiary alicyclic amines) is 1. The second-order valence-corrected chi connectivity index (χ2v) is 7.80. The van der Waals surface area contributed by atoms with Crippen LogP contribution in [0.2, 0.25) is 0 Å². The first kappa shape index (κ1) is 18.2. The minimum Gasteiger partial charge on any atom is -0.359 e. The molecule has 1 aliphatic rings. The van der Waals surface area contributed by atoms with Gasteiger partial charge in [0.05, 0.1) is 12.2 Å². The first-order valence-electron chi connectivity index (χ1n) is 8.82. The lowest BCUT2D eigenvalue weighted by molar-refractivity contribution is -0.144. The standard InChI is InChI=1S/C18H25N5O3/c1-12-10-19-23(11-12)13-5-7-22(8-6-13)17(25)16(24)20-15-9-14(26-21-15)18(2,3)4/h9-11,13H,5-8H2,1-4H3,(H,20,21,24). The number of nitrogens with zero attached hydrogens (tertiary/aromatic N) is 4. The predicted molar refractivity (Wildman–Crippen MR) is 95.6 cm³/mol. The van der Waals surface area contributed by atoms with E-state index in [1.807, 2.05) is 44.8 Å². The normalized spacial score (nSPS) is 15.9. The largest absolute Gasteiger partial charge is 0.359 e. The number of aryl methyl sites for hydroxylation is 1. The van der Waals surface area contributed by atoms with Crippen molar-refractivity contribution in [2.45, 2.75) is 52.0 Å². The highest BCUT2D eigenvalue weighted by molar-refractivity contribution is 6.39. The van der Waals surface area contributed by atoms with Gasteiger partial charge in [-0.1, -0.05) is 25.9 Å². The molecule has 0 saturated carbocycles. The van der Waals surface area contributed by atoms with Gasteiger partial charge in [-0.05, 0) is 25.3 Å². The molecule has 140 valence electrons. The Balaban J connectivity index is 1.54. The van der Waals surface area contributed by atoms with Crippen molar-refractivity contribution in [2.75, 3.05) is 18.4 Å². The molecule has 2 amide bonds. The molecule has 2 aromatic heterocycles. The minimum absolute atomic E-state index is 0.216. The van der Waals surface area contributed by atoms with Gasteiger partial charge in [0.2, 0.25) is 0 Å². The van der Waals surface area contributed by atoms with Crippen molar-refractivity contribution in [2.24, 2.45) is 0 Å². The molecule has 0 radical (unpaired) electrons. The number of aromatic nitrogens is 3. The monoisotopic (exact) mass is 359 g/mol. The summed E-state index contributed by atoms with van der Waals surface area (Å²) in [5, 5.41) is 10.7. The van der Waals surface area contributed by atoms with Gasteiger partial charge < -0.3 is 9.42 Å². The number of rotatable bonds is 2. The summed E-state index contributed by atoms with van der Waals surface area (Å²) in [6, 6.07) is 1.91. The van der Waals surface area contributed by atoms with Crippen LogP contribution >= 0.6 is 0 Å². The molecular weight excluding hydrogens is 334 g/mol. The number of amides is 2. The Morgan fingerprint density at radius 2 is 1.96 bits per heavy atom. The summed E-state index contributed by atoms with van der Waals surface area (Å²) in [6.07, 6.45) is 5.39. The average Bonchev–Trinajstić information content (AvgIpc) is 3.23. The Bertz CT molecular complexity index is 794. The van der Waals surface area contributed by atoms with Crippen molar-refractivity contribution >= 4 is 17.6 Å². The van der Waals surface area contributed by atoms with Crippen LogP contribution in [-0.4, -0.2) is 44.7 Å². The second kappa shape index (κ2) is 6.93. The molecule has 0 aliphatic carbocycles. The number of nitrogens with one attached hydrogen (secondary N) is 1. The van der Waals surface area contributed by atoms with E-state index in [4.69, 9.17) is 4.52 Å². The van der Waals surface area contributed by atoms with E-state index in [0.29, 0.717) is 18.8 Å². The van der Waals surface area contributed by atoms with Gasteiger partial charge in [-0.3, -0.25) is 19.6 Å². The van der Waals surface area contributed by atoms with Crippen LogP contribution in [0.3, 0.4) is 0 Å². The molecule has 3 heterocycles. The molecule has 0 spiro atoms. The highest BCUT2D eigenvalue weighted by atomic mass is 16.5. The number of carbonyl (C=O) groups is 2. The van der Waals surface area contributed by atoms with Gasteiger partial charge in [0.1, 0.15) is 5.76 Å². The number of anilines is 1. The van der Waals surface area contributed by atoms with Crippen molar-refractivity contribution in [3.05, 3.63) is 29.8 Å². The second-order valence-electron chi connectivity index (χ2n) is 7.80. The van der Waals surface area contributed by atoms with Crippen LogP contribution in [0.4, 0.5) is 5.82 Å². The molecule has 1 N–H and O–H groups in total. The van der Waals surface area contributed by atoms with Crippen LogP contribution in [0, 0.1) is 6.92 Å². The molecule has 8 nitrogen and oxygen atoms in total. The summed E-state index contributed by atoms with van der Waals surface area (Å²) < 4.78 is 7.17. The Morgan fingerprint density at radius 1 is 1.27 bits per heavy atom. The lowest BCUT2D eigenvalue weighted by Crippen LogP contribution is -2.44. The minimum atomic E-state index is -0.688. The van der Waals surface area contributed by atoms with Crippen molar-refractivity contribution < 1.29 is 14.1 Å². The SMILES string of the molecule is Cc1cnn(C2CCN(C(=O)C(=O)Nc3cc(C(C)(C)C)on3)CC2)c1. The highest BCUT2D eigenvalue weighted by Crippen LogP contribution is 2.25. The number of hydrogen-bond acceptors (Lipinski definition) is 5. The van der Waals surface area contributed by atoms with E-state index < -0.39 is 11.8 Å². The first-order valence-corrected chi connectivity index (χ1v) is 8.82. The molecule has 0 bridgehead atoms. The summed E-state index contributed by atoms with van der Waals surface area (Å²) in [7, 11) is 0. The smallest absolute Gasteiger partial charge is 0.315 e. The molecule has 0 unspecified atom stereocenters. The Morgan fingerprint density at radius 3 is 2.50 bits per heavy atom. The summed E-state index contributed by atoms with van der Waals surface area (Å²) >= 11 is 0. The van der Waals surface area contributed by atoms with Gasteiger partial charge in [-0.25, -0.2) is 0 Å². The Hall–Kier alpha value is -2.64. The predicted octanol–water partition coefficient (Wildman–Crippen LogP) is 2.28. The summed E-state index contributed by atoms with van der Waals surface area (Å²) in [6.45, 7) is 9.01. The average molecular weight is 359 g/mol. The fourth-order valence-corrected chi connectivity index (χ4v) is 2.97. The molecule has 8 heteroatoms. The topological polar surface area (TPSA) is 93.3 Å². The maximum atomic E-state index is 12.4. The van der Waals surface area contributed by atoms with E-state index in [1.54, 1.807) is 11.0 Å². The maximum Gasteiger partial charge on any atom is 0.315 e. The molecule has 1 fully saturated rings. The third-order valence-corrected chi connectivity index (χ3v) is 4.54. The van der Waals surface area contributed by atoms with E-state index in [0.717, 1.165) is 18.4 Å². The van der Waals surface area contributed by atoms with E-state index in [1.165, 1.54) is 0 Å². The van der Waals surface area contributed by atoms with Crippen LogP contribution in [0.15, 0.2) is 23.0 Å². The molecule has 0 aromatic carbocycles. The van der Waals surface area contributed by atoms with Crippen molar-refractivity contribution in [1.82, 2.24) is 19.8 Å². The molecular formula is C18H25N5O3. The van der Waals surface area contributed by atoms with Crippen LogP contribution in [0.25, 0.3) is 0 Å². The number of carbonyl (C=O) groups excluding carboxylic acids is 2. The zero-order valence-corrected chi connectivity index (χ0v) is 15.7. The summed E-state index contributed by atoms with van der Waals surface area (Å²) in [5.74, 6) is -0.321. The lowest BCUT2D eigenvalue weighted by atomic mass is 9.93. The van der Waals surface area contributed by atoms with Crippen LogP contribution in [0.5, 0.6) is 0 Å². The summed E-state index contributed by atoms with van der Waals surface area (Å²) in [4.78, 5) is 26.2. The molecule has 0 atom stereocenters. The first-order chi connectivity index (χ1) is 12.2. The lowest BCUT2D eigenvalue weighted by Gasteiger charge is -2.31. The van der Waals surface area contributed by atoms with Crippen molar-refractivity contribution in [3.63, 3.8) is 0 Å². The zero-order chi connectivity index (χ0) is 18.9. The van der Waals surface area contributed by atoms with Gasteiger partial charge in [0.25, 0.3) is 0 Å². The van der Waals surface area contributed by atoms with E-state index in [-0.39, 0.29) is 17.3 Å². The molecule has 1 aliphatic heterocycles. The molecule has 3 rings (SSSR count).